The number of aryl methyl sites for hydroxylation is 1. The lowest BCUT2D eigenvalue weighted by Gasteiger charge is -2.46. The highest BCUT2D eigenvalue weighted by Crippen LogP contribution is 2.58. The van der Waals surface area contributed by atoms with Crippen LogP contribution in [0.1, 0.15) is 44.1 Å². The number of nitrogens with zero attached hydrogens (tertiary/aromatic N) is 3. The van der Waals surface area contributed by atoms with Gasteiger partial charge in [-0.25, -0.2) is 0 Å². The zero-order valence-electron chi connectivity index (χ0n) is 17.8. The van der Waals surface area contributed by atoms with E-state index in [4.69, 9.17) is 4.15 Å². The van der Waals surface area contributed by atoms with Gasteiger partial charge in [0.2, 0.25) is 0 Å². The van der Waals surface area contributed by atoms with E-state index in [-0.39, 0.29) is 0 Å². The maximum Gasteiger partial charge on any atom is 0.283 e. The first-order valence-corrected chi connectivity index (χ1v) is 14.1. The highest BCUT2D eigenvalue weighted by Gasteiger charge is 2.39. The van der Waals surface area contributed by atoms with Crippen LogP contribution in [0.5, 0.6) is 0 Å². The molecule has 0 spiro atoms. The van der Waals surface area contributed by atoms with Crippen molar-refractivity contribution >= 4 is 22.7 Å². The Kier molecular flexibility index (Phi) is 6.78. The van der Waals surface area contributed by atoms with E-state index in [1.54, 1.807) is 12.1 Å². The van der Waals surface area contributed by atoms with Gasteiger partial charge in [-0.3, -0.25) is 9.34 Å². The van der Waals surface area contributed by atoms with Crippen LogP contribution in [0, 0.1) is 6.92 Å². The van der Waals surface area contributed by atoms with Gasteiger partial charge in [-0.2, -0.15) is 8.42 Å². The summed E-state index contributed by atoms with van der Waals surface area (Å²) in [4.78, 5) is 0.294. The number of rotatable bonds is 5. The van der Waals surface area contributed by atoms with E-state index in [0.717, 1.165) is 62.7 Å². The van der Waals surface area contributed by atoms with E-state index < -0.39 is 17.4 Å². The fraction of sp³-hybridized carbons (Fsp3) is 0.478. The minimum absolute atomic E-state index is 0.294. The molecule has 2 saturated heterocycles. The zero-order chi connectivity index (χ0) is 21.0. The number of hydrogen-bond acceptors (Lipinski definition) is 2. The molecule has 2 aliphatic heterocycles. The molecule has 0 aliphatic carbocycles. The molecule has 7 heteroatoms. The lowest BCUT2D eigenvalue weighted by molar-refractivity contribution is 0.309. The van der Waals surface area contributed by atoms with Crippen molar-refractivity contribution < 1.29 is 8.42 Å². The van der Waals surface area contributed by atoms with Gasteiger partial charge in [0.15, 0.2) is 0 Å². The molecule has 0 aromatic heterocycles. The molecular weight excluding hydrogens is 413 g/mol. The van der Waals surface area contributed by atoms with Crippen molar-refractivity contribution in [1.29, 1.82) is 0 Å². The van der Waals surface area contributed by atoms with Gasteiger partial charge in [0.1, 0.15) is 7.36 Å². The van der Waals surface area contributed by atoms with Gasteiger partial charge in [0.25, 0.3) is 10.0 Å². The second-order valence-corrected chi connectivity index (χ2v) is 13.2. The Morgan fingerprint density at radius 2 is 1.23 bits per heavy atom. The summed E-state index contributed by atoms with van der Waals surface area (Å²) >= 11 is 0. The van der Waals surface area contributed by atoms with Crippen molar-refractivity contribution in [2.24, 2.45) is 4.15 Å². The van der Waals surface area contributed by atoms with Crippen LogP contribution in [0.2, 0.25) is 0 Å². The van der Waals surface area contributed by atoms with Crippen molar-refractivity contribution in [1.82, 2.24) is 9.34 Å². The minimum Gasteiger partial charge on any atom is -0.254 e. The zero-order valence-corrected chi connectivity index (χ0v) is 19.5. The molecular formula is C23H32N3O2PS. The lowest BCUT2D eigenvalue weighted by Crippen LogP contribution is -2.42. The molecule has 0 saturated carbocycles. The van der Waals surface area contributed by atoms with E-state index in [2.05, 4.69) is 21.5 Å². The Hall–Kier alpha value is -1.46. The van der Waals surface area contributed by atoms with Crippen molar-refractivity contribution in [3.05, 3.63) is 60.2 Å². The van der Waals surface area contributed by atoms with Crippen molar-refractivity contribution in [3.63, 3.8) is 0 Å². The Labute approximate surface area is 181 Å². The summed E-state index contributed by atoms with van der Waals surface area (Å²) in [6.07, 6.45) is 6.81. The molecule has 2 aromatic rings. The molecule has 5 nitrogen and oxygen atoms in total. The van der Waals surface area contributed by atoms with E-state index >= 15 is 0 Å². The number of piperidine rings is 2. The molecule has 0 unspecified atom stereocenters. The van der Waals surface area contributed by atoms with E-state index in [1.165, 1.54) is 12.8 Å². The Morgan fingerprint density at radius 3 is 1.73 bits per heavy atom. The fourth-order valence-electron chi connectivity index (χ4n) is 4.50. The lowest BCUT2D eigenvalue weighted by atomic mass is 10.2. The number of benzene rings is 2. The van der Waals surface area contributed by atoms with Crippen LogP contribution >= 0.6 is 7.36 Å². The van der Waals surface area contributed by atoms with Gasteiger partial charge in [0.05, 0.1) is 4.90 Å². The first-order valence-electron chi connectivity index (χ1n) is 11.0. The van der Waals surface area contributed by atoms with E-state index in [1.807, 2.05) is 37.3 Å². The third kappa shape index (κ3) is 4.43. The predicted octanol–water partition coefficient (Wildman–Crippen LogP) is 5.01. The Bertz CT molecular complexity index is 973. The summed E-state index contributed by atoms with van der Waals surface area (Å²) in [6, 6.07) is 17.3. The molecule has 30 heavy (non-hydrogen) atoms. The van der Waals surface area contributed by atoms with Gasteiger partial charge in [-0.05, 0) is 44.7 Å². The van der Waals surface area contributed by atoms with Gasteiger partial charge < -0.3 is 0 Å². The topological polar surface area (TPSA) is 53.0 Å². The summed E-state index contributed by atoms with van der Waals surface area (Å²) < 4.78 is 37.0. The Balaban J connectivity index is 1.95. The standard InChI is InChI=1S/C23H32N3O2PS/c1-21-13-15-23(16-14-21)30(27,28)24-29(22-11-5-2-6-12-22,25-17-7-3-8-18-25)26-19-9-4-10-20-26/h2,5-6,11-16H,3-4,7-10,17-20H2,1H3. The second kappa shape index (κ2) is 9.35. The molecule has 0 radical (unpaired) electrons. The predicted molar refractivity (Wildman–Crippen MR) is 125 cm³/mol. The van der Waals surface area contributed by atoms with E-state index in [0.29, 0.717) is 4.90 Å². The smallest absolute Gasteiger partial charge is 0.254 e. The molecule has 2 aliphatic rings. The summed E-state index contributed by atoms with van der Waals surface area (Å²) in [6.45, 7) is 5.60. The first kappa shape index (κ1) is 21.8. The van der Waals surface area contributed by atoms with Crippen molar-refractivity contribution in [2.75, 3.05) is 26.2 Å². The summed E-state index contributed by atoms with van der Waals surface area (Å²) in [5.74, 6) is 0. The summed E-state index contributed by atoms with van der Waals surface area (Å²) in [5.41, 5.74) is 1.05. The highest BCUT2D eigenvalue weighted by atomic mass is 32.2. The van der Waals surface area contributed by atoms with Gasteiger partial charge in [-0.1, -0.05) is 60.9 Å². The SMILES string of the molecule is Cc1ccc(S(=O)(=O)N=P(c2ccccc2)(N2CCCCC2)N2CCCCC2)cc1. The normalized spacial score (nSPS) is 19.5. The largest absolute Gasteiger partial charge is 0.283 e. The van der Waals surface area contributed by atoms with Gasteiger partial charge in [0, 0.05) is 31.5 Å². The molecule has 0 N–H and O–H groups in total. The van der Waals surface area contributed by atoms with Gasteiger partial charge in [-0.15, -0.1) is 4.15 Å². The average molecular weight is 446 g/mol. The van der Waals surface area contributed by atoms with Crippen LogP contribution in [-0.4, -0.2) is 43.9 Å². The maximum absolute atomic E-state index is 13.6. The quantitative estimate of drug-likeness (QED) is 0.607. The molecule has 2 aromatic carbocycles. The van der Waals surface area contributed by atoms with Crippen LogP contribution in [-0.2, 0) is 10.0 Å². The van der Waals surface area contributed by atoms with Crippen LogP contribution in [0.25, 0.3) is 0 Å². The van der Waals surface area contributed by atoms with Crippen LogP contribution in [0.3, 0.4) is 0 Å². The average Bonchev–Trinajstić information content (AvgIpc) is 2.79. The van der Waals surface area contributed by atoms with Crippen molar-refractivity contribution in [2.45, 2.75) is 50.3 Å². The third-order valence-corrected chi connectivity index (χ3v) is 12.1. The number of hydrogen-bond donors (Lipinski definition) is 0. The molecule has 0 atom stereocenters. The van der Waals surface area contributed by atoms with Crippen molar-refractivity contribution in [3.8, 4) is 0 Å². The first-order chi connectivity index (χ1) is 14.5. The highest BCUT2D eigenvalue weighted by molar-refractivity contribution is 7.94. The summed E-state index contributed by atoms with van der Waals surface area (Å²) in [7, 11) is -6.38. The minimum atomic E-state index is -3.79. The fourth-order valence-corrected chi connectivity index (χ4v) is 11.0. The monoisotopic (exact) mass is 445 g/mol. The van der Waals surface area contributed by atoms with Crippen LogP contribution in [0.4, 0.5) is 0 Å². The van der Waals surface area contributed by atoms with Crippen LogP contribution < -0.4 is 5.30 Å². The Morgan fingerprint density at radius 1 is 0.733 bits per heavy atom. The molecule has 2 fully saturated rings. The molecule has 0 amide bonds. The maximum atomic E-state index is 13.6. The molecule has 162 valence electrons. The van der Waals surface area contributed by atoms with Gasteiger partial charge >= 0.3 is 0 Å². The van der Waals surface area contributed by atoms with Crippen LogP contribution in [0.15, 0.2) is 63.6 Å². The molecule has 2 heterocycles. The summed E-state index contributed by atoms with van der Waals surface area (Å²) in [5, 5.41) is 1.06. The number of sulfonamides is 1. The molecule has 0 bridgehead atoms. The second-order valence-electron chi connectivity index (χ2n) is 8.30. The van der Waals surface area contributed by atoms with E-state index in [9.17, 15) is 8.42 Å². The third-order valence-electron chi connectivity index (χ3n) is 6.10. The molecule has 4 rings (SSSR count).